The Morgan fingerprint density at radius 2 is 2.35 bits per heavy atom. The Morgan fingerprint density at radius 3 is 3.00 bits per heavy atom. The number of hydrogen-bond acceptors (Lipinski definition) is 4. The highest BCUT2D eigenvalue weighted by Gasteiger charge is 2.33. The van der Waals surface area contributed by atoms with Crippen LogP contribution < -0.4 is 0 Å². The molecule has 2 rings (SSSR count). The first-order valence-electron chi connectivity index (χ1n) is 5.95. The van der Waals surface area contributed by atoms with Crippen LogP contribution in [-0.4, -0.2) is 36.2 Å². The number of hydrogen-bond donors (Lipinski definition) is 0. The highest BCUT2D eigenvalue weighted by Crippen LogP contribution is 2.39. The van der Waals surface area contributed by atoms with Gasteiger partial charge in [-0.2, -0.15) is 0 Å². The lowest BCUT2D eigenvalue weighted by Gasteiger charge is -2.24. The van der Waals surface area contributed by atoms with Gasteiger partial charge in [-0.25, -0.2) is 4.39 Å². The van der Waals surface area contributed by atoms with Crippen molar-refractivity contribution in [2.45, 2.75) is 11.8 Å². The lowest BCUT2D eigenvalue weighted by Crippen LogP contribution is -2.30. The number of nitrogens with zero attached hydrogens (tertiary/aromatic N) is 1. The minimum absolute atomic E-state index is 0.0235. The van der Waals surface area contributed by atoms with Crippen molar-refractivity contribution in [3.8, 4) is 0 Å². The molecule has 1 aromatic carbocycles. The minimum atomic E-state index is -0.495. The molecular formula is C13H13ClFNO3S. The minimum Gasteiger partial charge on any atom is -0.469 e. The summed E-state index contributed by atoms with van der Waals surface area (Å²) in [5.41, 5.74) is 0.747. The van der Waals surface area contributed by atoms with Crippen molar-refractivity contribution in [1.82, 2.24) is 4.90 Å². The van der Waals surface area contributed by atoms with Gasteiger partial charge in [0.05, 0.1) is 24.3 Å². The molecule has 0 spiro atoms. The molecule has 7 heteroatoms. The zero-order valence-electron chi connectivity index (χ0n) is 10.8. The normalized spacial score (nSPS) is 18.4. The maximum atomic E-state index is 13.2. The van der Waals surface area contributed by atoms with Gasteiger partial charge in [0.1, 0.15) is 11.2 Å². The molecule has 0 N–H and O–H groups in total. The second-order valence-corrected chi connectivity index (χ2v) is 5.73. The molecule has 4 nitrogen and oxygen atoms in total. The van der Waals surface area contributed by atoms with Gasteiger partial charge in [-0.3, -0.25) is 9.59 Å². The van der Waals surface area contributed by atoms with Crippen LogP contribution in [0.5, 0.6) is 0 Å². The van der Waals surface area contributed by atoms with Crippen molar-refractivity contribution >= 4 is 35.2 Å². The van der Waals surface area contributed by atoms with Gasteiger partial charge in [-0.05, 0) is 17.7 Å². The maximum absolute atomic E-state index is 13.2. The predicted molar refractivity (Wildman–Crippen MR) is 75.0 cm³/mol. The number of amides is 1. The summed E-state index contributed by atoms with van der Waals surface area (Å²) in [4.78, 5) is 24.6. The van der Waals surface area contributed by atoms with E-state index >= 15 is 0 Å². The molecular weight excluding hydrogens is 305 g/mol. The third-order valence-electron chi connectivity index (χ3n) is 2.98. The largest absolute Gasteiger partial charge is 0.469 e. The van der Waals surface area contributed by atoms with Crippen LogP contribution in [0.1, 0.15) is 17.4 Å². The molecule has 1 aromatic rings. The average Bonchev–Trinajstić information content (AvgIpc) is 2.80. The van der Waals surface area contributed by atoms with E-state index in [9.17, 15) is 14.0 Å². The molecule has 1 unspecified atom stereocenters. The third-order valence-corrected chi connectivity index (χ3v) is 4.53. The molecule has 108 valence electrons. The van der Waals surface area contributed by atoms with Crippen LogP contribution in [0.15, 0.2) is 18.2 Å². The molecule has 0 radical (unpaired) electrons. The number of methoxy groups -OCH3 is 1. The molecule has 0 bridgehead atoms. The number of benzene rings is 1. The fourth-order valence-corrected chi connectivity index (χ4v) is 3.35. The average molecular weight is 318 g/mol. The van der Waals surface area contributed by atoms with Gasteiger partial charge < -0.3 is 9.64 Å². The summed E-state index contributed by atoms with van der Waals surface area (Å²) < 4.78 is 17.7. The van der Waals surface area contributed by atoms with Gasteiger partial charge in [-0.15, -0.1) is 11.8 Å². The lowest BCUT2D eigenvalue weighted by molar-refractivity contribution is -0.141. The summed E-state index contributed by atoms with van der Waals surface area (Å²) in [6.45, 7) is 0.276. The number of halogens is 2. The summed E-state index contributed by atoms with van der Waals surface area (Å²) in [7, 11) is 1.31. The van der Waals surface area contributed by atoms with Crippen LogP contribution in [0.25, 0.3) is 0 Å². The van der Waals surface area contributed by atoms with Crippen molar-refractivity contribution in [1.29, 1.82) is 0 Å². The standard InChI is InChI=1S/C13H13ClFNO3S/c1-19-12(18)4-5-16-11(17)7-20-13(16)8-2-3-10(15)9(14)6-8/h2-3,6,13H,4-5,7H2,1H3. The van der Waals surface area contributed by atoms with E-state index < -0.39 is 5.82 Å². The van der Waals surface area contributed by atoms with Gasteiger partial charge in [0.2, 0.25) is 5.91 Å². The first-order chi connectivity index (χ1) is 9.52. The Labute approximate surface area is 125 Å². The van der Waals surface area contributed by atoms with Crippen LogP contribution >= 0.6 is 23.4 Å². The molecule has 1 aliphatic heterocycles. The number of ether oxygens (including phenoxy) is 1. The van der Waals surface area contributed by atoms with Gasteiger partial charge >= 0.3 is 5.97 Å². The number of esters is 1. The summed E-state index contributed by atoms with van der Waals surface area (Å²) in [6, 6.07) is 4.39. The van der Waals surface area contributed by atoms with Crippen LogP contribution in [0.3, 0.4) is 0 Å². The fourth-order valence-electron chi connectivity index (χ4n) is 1.95. The number of carbonyl (C=O) groups is 2. The fraction of sp³-hybridized carbons (Fsp3) is 0.385. The Hall–Kier alpha value is -1.27. The van der Waals surface area contributed by atoms with E-state index in [1.807, 2.05) is 0 Å². The summed E-state index contributed by atoms with van der Waals surface area (Å²) in [5, 5.41) is -0.222. The van der Waals surface area contributed by atoms with Crippen LogP contribution in [0.4, 0.5) is 4.39 Å². The van der Waals surface area contributed by atoms with Gasteiger partial charge in [-0.1, -0.05) is 17.7 Å². The van der Waals surface area contributed by atoms with Crippen molar-refractivity contribution in [2.75, 3.05) is 19.4 Å². The zero-order valence-corrected chi connectivity index (χ0v) is 12.3. The Bertz CT molecular complexity index is 540. The first-order valence-corrected chi connectivity index (χ1v) is 7.38. The molecule has 0 aliphatic carbocycles. The molecule has 0 aromatic heterocycles. The molecule has 1 saturated heterocycles. The molecule has 1 fully saturated rings. The van der Waals surface area contributed by atoms with Gasteiger partial charge in [0, 0.05) is 6.54 Å². The highest BCUT2D eigenvalue weighted by molar-refractivity contribution is 8.00. The zero-order chi connectivity index (χ0) is 14.7. The molecule has 20 heavy (non-hydrogen) atoms. The lowest BCUT2D eigenvalue weighted by atomic mass is 10.2. The Balaban J connectivity index is 2.14. The van der Waals surface area contributed by atoms with Crippen LogP contribution in [0.2, 0.25) is 5.02 Å². The molecule has 0 saturated carbocycles. The Kier molecular flexibility index (Phi) is 4.88. The van der Waals surface area contributed by atoms with Crippen molar-refractivity contribution in [3.63, 3.8) is 0 Å². The first kappa shape index (κ1) is 15.1. The van der Waals surface area contributed by atoms with Crippen molar-refractivity contribution < 1.29 is 18.7 Å². The third kappa shape index (κ3) is 3.24. The number of thioether (sulfide) groups is 1. The smallest absolute Gasteiger partial charge is 0.307 e. The van der Waals surface area contributed by atoms with E-state index in [-0.39, 0.29) is 35.2 Å². The summed E-state index contributed by atoms with van der Waals surface area (Å²) in [5.74, 6) is -0.582. The second kappa shape index (κ2) is 6.45. The number of rotatable bonds is 4. The summed E-state index contributed by atoms with van der Waals surface area (Å²) in [6.07, 6.45) is 0.133. The quantitative estimate of drug-likeness (QED) is 0.801. The molecule has 1 amide bonds. The van der Waals surface area contributed by atoms with E-state index in [1.165, 1.54) is 31.0 Å². The van der Waals surface area contributed by atoms with E-state index in [0.29, 0.717) is 5.75 Å². The molecule has 1 heterocycles. The van der Waals surface area contributed by atoms with Gasteiger partial charge in [0.25, 0.3) is 0 Å². The van der Waals surface area contributed by atoms with Crippen LogP contribution in [-0.2, 0) is 14.3 Å². The number of carbonyl (C=O) groups excluding carboxylic acids is 2. The SMILES string of the molecule is COC(=O)CCN1C(=O)CSC1c1ccc(F)c(Cl)c1. The summed E-state index contributed by atoms with van der Waals surface area (Å²) >= 11 is 7.19. The highest BCUT2D eigenvalue weighted by atomic mass is 35.5. The van der Waals surface area contributed by atoms with E-state index in [2.05, 4.69) is 4.74 Å². The Morgan fingerprint density at radius 1 is 1.60 bits per heavy atom. The second-order valence-electron chi connectivity index (χ2n) is 4.25. The van der Waals surface area contributed by atoms with Crippen molar-refractivity contribution in [3.05, 3.63) is 34.6 Å². The monoisotopic (exact) mass is 317 g/mol. The van der Waals surface area contributed by atoms with Gasteiger partial charge in [0.15, 0.2) is 0 Å². The maximum Gasteiger partial charge on any atom is 0.307 e. The van der Waals surface area contributed by atoms with E-state index in [0.717, 1.165) is 5.56 Å². The van der Waals surface area contributed by atoms with Crippen molar-refractivity contribution in [2.24, 2.45) is 0 Å². The predicted octanol–water partition coefficient (Wildman–Crippen LogP) is 2.62. The molecule has 1 atom stereocenters. The van der Waals surface area contributed by atoms with E-state index in [4.69, 9.17) is 11.6 Å². The molecule has 1 aliphatic rings. The van der Waals surface area contributed by atoms with Crippen LogP contribution in [0, 0.1) is 5.82 Å². The topological polar surface area (TPSA) is 46.6 Å². The van der Waals surface area contributed by atoms with E-state index in [1.54, 1.807) is 11.0 Å².